The Hall–Kier alpha value is -1.38. The van der Waals surface area contributed by atoms with Crippen LogP contribution in [-0.2, 0) is 16.4 Å². The van der Waals surface area contributed by atoms with Crippen LogP contribution in [0.1, 0.15) is 17.5 Å². The fourth-order valence-electron chi connectivity index (χ4n) is 1.72. The van der Waals surface area contributed by atoms with Gasteiger partial charge < -0.3 is 5.32 Å². The van der Waals surface area contributed by atoms with Gasteiger partial charge in [-0.3, -0.25) is 4.72 Å². The van der Waals surface area contributed by atoms with Crippen molar-refractivity contribution in [3.05, 3.63) is 27.9 Å². The van der Waals surface area contributed by atoms with Crippen molar-refractivity contribution in [3.8, 4) is 0 Å². The van der Waals surface area contributed by atoms with E-state index in [1.807, 2.05) is 13.8 Å². The molecule has 0 amide bonds. The third-order valence-corrected chi connectivity index (χ3v) is 5.46. The molecule has 0 aromatic carbocycles. The predicted molar refractivity (Wildman–Crippen MR) is 85.8 cm³/mol. The Morgan fingerprint density at radius 3 is 2.67 bits per heavy atom. The molecule has 2 N–H and O–H groups in total. The molecule has 2 aromatic rings. The summed E-state index contributed by atoms with van der Waals surface area (Å²) in [5, 5.41) is 3.36. The molecule has 2 heterocycles. The lowest BCUT2D eigenvalue weighted by atomic mass is 10.3. The number of rotatable bonds is 5. The minimum Gasteiger partial charge on any atom is -0.372 e. The maximum atomic E-state index is 12.3. The Morgan fingerprint density at radius 1 is 1.43 bits per heavy atom. The minimum absolute atomic E-state index is 0.00241. The average molecular weight is 347 g/mol. The second-order valence-electron chi connectivity index (χ2n) is 4.23. The van der Waals surface area contributed by atoms with Crippen LogP contribution in [0.2, 0.25) is 5.02 Å². The first-order chi connectivity index (χ1) is 9.87. The van der Waals surface area contributed by atoms with E-state index in [2.05, 4.69) is 20.0 Å². The van der Waals surface area contributed by atoms with Gasteiger partial charge in [0, 0.05) is 18.1 Å². The normalized spacial score (nSPS) is 11.4. The Labute approximate surface area is 132 Å². The number of nitrogens with zero attached hydrogens (tertiary/aromatic N) is 2. The quantitative estimate of drug-likeness (QED) is 0.869. The molecule has 0 saturated heterocycles. The van der Waals surface area contributed by atoms with E-state index >= 15 is 0 Å². The molecule has 0 aliphatic rings. The molecule has 0 fully saturated rings. The molecule has 0 aliphatic heterocycles. The first kappa shape index (κ1) is 16.0. The van der Waals surface area contributed by atoms with Crippen LogP contribution in [-0.4, -0.2) is 25.4 Å². The van der Waals surface area contributed by atoms with Gasteiger partial charge in [0.1, 0.15) is 10.7 Å². The predicted octanol–water partition coefficient (Wildman–Crippen LogP) is 2.90. The molecule has 0 aliphatic carbocycles. The smallest absolute Gasteiger partial charge is 0.265 e. The van der Waals surface area contributed by atoms with Crippen molar-refractivity contribution in [2.75, 3.05) is 17.1 Å². The van der Waals surface area contributed by atoms with Gasteiger partial charge in [-0.1, -0.05) is 18.5 Å². The van der Waals surface area contributed by atoms with Gasteiger partial charge in [-0.2, -0.15) is 0 Å². The fourth-order valence-corrected chi connectivity index (χ4v) is 4.16. The summed E-state index contributed by atoms with van der Waals surface area (Å²) in [6, 6.07) is 1.35. The summed E-state index contributed by atoms with van der Waals surface area (Å²) < 4.78 is 27.1. The van der Waals surface area contributed by atoms with Crippen molar-refractivity contribution >= 4 is 43.9 Å². The highest BCUT2D eigenvalue weighted by molar-refractivity contribution is 7.93. The molecule has 114 valence electrons. The van der Waals surface area contributed by atoms with Crippen molar-refractivity contribution in [2.24, 2.45) is 0 Å². The second kappa shape index (κ2) is 6.17. The number of aryl methyl sites for hydroxylation is 2. The van der Waals surface area contributed by atoms with Crippen molar-refractivity contribution < 1.29 is 8.42 Å². The second-order valence-corrected chi connectivity index (χ2v) is 7.53. The first-order valence-electron chi connectivity index (χ1n) is 6.19. The number of hydrogen-bond donors (Lipinski definition) is 2. The van der Waals surface area contributed by atoms with Gasteiger partial charge in [0.05, 0.1) is 10.7 Å². The highest BCUT2D eigenvalue weighted by atomic mass is 35.5. The molecule has 0 atom stereocenters. The summed E-state index contributed by atoms with van der Waals surface area (Å²) in [4.78, 5) is 9.22. The van der Waals surface area contributed by atoms with Gasteiger partial charge in [-0.25, -0.2) is 18.4 Å². The van der Waals surface area contributed by atoms with Crippen molar-refractivity contribution in [1.82, 2.24) is 9.97 Å². The molecular weight excluding hydrogens is 332 g/mol. The zero-order valence-electron chi connectivity index (χ0n) is 11.8. The third-order valence-electron chi connectivity index (χ3n) is 2.81. The number of anilines is 2. The fraction of sp³-hybridized carbons (Fsp3) is 0.333. The van der Waals surface area contributed by atoms with Crippen molar-refractivity contribution in [3.63, 3.8) is 0 Å². The Morgan fingerprint density at radius 2 is 2.14 bits per heavy atom. The van der Waals surface area contributed by atoms with Crippen LogP contribution in [0.5, 0.6) is 0 Å². The summed E-state index contributed by atoms with van der Waals surface area (Å²) >= 11 is 7.27. The van der Waals surface area contributed by atoms with Crippen molar-refractivity contribution in [2.45, 2.75) is 25.2 Å². The lowest BCUT2D eigenvalue weighted by molar-refractivity contribution is 0.601. The highest BCUT2D eigenvalue weighted by Gasteiger charge is 2.19. The summed E-state index contributed by atoms with van der Waals surface area (Å²) in [6.07, 6.45) is 2.01. The van der Waals surface area contributed by atoms with E-state index in [0.29, 0.717) is 10.9 Å². The number of sulfonamides is 1. The number of hydrogen-bond acceptors (Lipinski definition) is 6. The van der Waals surface area contributed by atoms with Gasteiger partial charge in [0.2, 0.25) is 0 Å². The van der Waals surface area contributed by atoms with Crippen molar-refractivity contribution in [1.29, 1.82) is 0 Å². The van der Waals surface area contributed by atoms with E-state index in [-0.39, 0.29) is 9.92 Å². The number of halogens is 1. The van der Waals surface area contributed by atoms with Crippen LogP contribution < -0.4 is 10.0 Å². The zero-order valence-corrected chi connectivity index (χ0v) is 14.2. The molecule has 2 aromatic heterocycles. The Balaban J connectivity index is 2.31. The van der Waals surface area contributed by atoms with Crippen LogP contribution in [0, 0.1) is 6.92 Å². The molecule has 0 spiro atoms. The minimum atomic E-state index is -3.75. The standard InChI is InChI=1S/C12H15ClN4O2S2/c1-4-10-7(2)20-12(16-10)17-21(18,19)8-5-9(13)11(14-3)15-6-8/h5-6H,4H2,1-3H3,(H,14,15)(H,16,17). The number of nitrogens with one attached hydrogen (secondary N) is 2. The molecule has 2 rings (SSSR count). The lowest BCUT2D eigenvalue weighted by Crippen LogP contribution is -2.13. The maximum Gasteiger partial charge on any atom is 0.265 e. The van der Waals surface area contributed by atoms with Gasteiger partial charge >= 0.3 is 0 Å². The van der Waals surface area contributed by atoms with Gasteiger partial charge in [-0.15, -0.1) is 11.3 Å². The summed E-state index contributed by atoms with van der Waals surface area (Å²) in [5.74, 6) is 0.425. The van der Waals surface area contributed by atoms with Crippen LogP contribution >= 0.6 is 22.9 Å². The van der Waals surface area contributed by atoms with E-state index < -0.39 is 10.0 Å². The van der Waals surface area contributed by atoms with E-state index in [1.165, 1.54) is 23.6 Å². The molecule has 0 saturated carbocycles. The Bertz CT molecular complexity index is 759. The largest absolute Gasteiger partial charge is 0.372 e. The molecule has 6 nitrogen and oxygen atoms in total. The highest BCUT2D eigenvalue weighted by Crippen LogP contribution is 2.27. The first-order valence-corrected chi connectivity index (χ1v) is 8.87. The monoisotopic (exact) mass is 346 g/mol. The van der Waals surface area contributed by atoms with Gasteiger partial charge in [-0.05, 0) is 19.4 Å². The van der Waals surface area contributed by atoms with E-state index in [0.717, 1.165) is 17.0 Å². The molecule has 21 heavy (non-hydrogen) atoms. The zero-order chi connectivity index (χ0) is 15.6. The molecule has 0 unspecified atom stereocenters. The summed E-state index contributed by atoms with van der Waals surface area (Å²) in [6.45, 7) is 3.88. The number of aromatic nitrogens is 2. The van der Waals surface area contributed by atoms with Crippen LogP contribution in [0.25, 0.3) is 0 Å². The van der Waals surface area contributed by atoms with E-state index in [9.17, 15) is 8.42 Å². The lowest BCUT2D eigenvalue weighted by Gasteiger charge is -2.07. The third kappa shape index (κ3) is 3.45. The van der Waals surface area contributed by atoms with E-state index in [4.69, 9.17) is 11.6 Å². The van der Waals surface area contributed by atoms with Gasteiger partial charge in [0.15, 0.2) is 5.13 Å². The number of pyridine rings is 1. The topological polar surface area (TPSA) is 84.0 Å². The van der Waals surface area contributed by atoms with Gasteiger partial charge in [0.25, 0.3) is 10.0 Å². The van der Waals surface area contributed by atoms with E-state index in [1.54, 1.807) is 7.05 Å². The van der Waals surface area contributed by atoms with Crippen LogP contribution in [0.4, 0.5) is 10.9 Å². The average Bonchev–Trinajstić information content (AvgIpc) is 2.77. The SMILES string of the molecule is CCc1nc(NS(=O)(=O)c2cnc(NC)c(Cl)c2)sc1C. The number of thiazole rings is 1. The summed E-state index contributed by atoms with van der Waals surface area (Å²) in [7, 11) is -2.09. The Kier molecular flexibility index (Phi) is 4.70. The molecular formula is C12H15ClN4O2S2. The molecule has 0 radical (unpaired) electrons. The van der Waals surface area contributed by atoms with Crippen LogP contribution in [0.3, 0.4) is 0 Å². The maximum absolute atomic E-state index is 12.3. The molecule has 9 heteroatoms. The molecule has 0 bridgehead atoms. The van der Waals surface area contributed by atoms with Crippen LogP contribution in [0.15, 0.2) is 17.2 Å². The summed E-state index contributed by atoms with van der Waals surface area (Å²) in [5.41, 5.74) is 0.888.